The van der Waals surface area contributed by atoms with Gasteiger partial charge in [-0.1, -0.05) is 36.4 Å². The first kappa shape index (κ1) is 25.3. The second-order valence-corrected chi connectivity index (χ2v) is 6.59. The first-order chi connectivity index (χ1) is 15.2. The zero-order valence-corrected chi connectivity index (χ0v) is 20.8. The van der Waals surface area contributed by atoms with Crippen molar-refractivity contribution in [3.63, 3.8) is 0 Å². The number of methoxy groups -OCH3 is 1. The van der Waals surface area contributed by atoms with Crippen LogP contribution in [0.2, 0.25) is 0 Å². The zero-order chi connectivity index (χ0) is 21.9. The smallest absolute Gasteiger partial charge is 0.218 e. The van der Waals surface area contributed by atoms with Crippen LogP contribution >= 0.6 is 24.0 Å². The van der Waals surface area contributed by atoms with Crippen molar-refractivity contribution in [2.75, 3.05) is 26.1 Å². The minimum Gasteiger partial charge on any atom is -0.493 e. The Morgan fingerprint density at radius 3 is 2.53 bits per heavy atom. The molecule has 0 saturated heterocycles. The number of nitrogens with zero attached hydrogens (tertiary/aromatic N) is 2. The maximum atomic E-state index is 5.93. The molecule has 2 aromatic carbocycles. The SMILES string of the molecule is CCOc1cc(NC(=NC)NCc2cccnc2OCc2ccccc2)ccc1OC.I. The van der Waals surface area contributed by atoms with Crippen molar-refractivity contribution in [2.24, 2.45) is 4.99 Å². The number of hydrogen-bond donors (Lipinski definition) is 2. The second-order valence-electron chi connectivity index (χ2n) is 6.59. The van der Waals surface area contributed by atoms with Crippen molar-refractivity contribution in [1.29, 1.82) is 0 Å². The Labute approximate surface area is 206 Å². The summed E-state index contributed by atoms with van der Waals surface area (Å²) in [6.07, 6.45) is 1.73. The van der Waals surface area contributed by atoms with Crippen LogP contribution in [0.4, 0.5) is 5.69 Å². The average Bonchev–Trinajstić information content (AvgIpc) is 2.82. The van der Waals surface area contributed by atoms with Crippen LogP contribution in [0.3, 0.4) is 0 Å². The van der Waals surface area contributed by atoms with Crippen molar-refractivity contribution in [3.05, 3.63) is 78.0 Å². The van der Waals surface area contributed by atoms with Crippen LogP contribution in [0.15, 0.2) is 71.9 Å². The van der Waals surface area contributed by atoms with E-state index in [4.69, 9.17) is 14.2 Å². The van der Waals surface area contributed by atoms with E-state index in [-0.39, 0.29) is 24.0 Å². The summed E-state index contributed by atoms with van der Waals surface area (Å²) in [6, 6.07) is 19.5. The summed E-state index contributed by atoms with van der Waals surface area (Å²) in [6.45, 7) is 3.46. The fraction of sp³-hybridized carbons (Fsp3) is 0.250. The first-order valence-corrected chi connectivity index (χ1v) is 10.1. The molecule has 170 valence electrons. The Hall–Kier alpha value is -3.01. The van der Waals surface area contributed by atoms with E-state index in [1.165, 1.54) is 0 Å². The topological polar surface area (TPSA) is 77.0 Å². The number of hydrogen-bond acceptors (Lipinski definition) is 5. The minimum absolute atomic E-state index is 0. The van der Waals surface area contributed by atoms with Crippen LogP contribution in [-0.2, 0) is 13.2 Å². The molecule has 7 nitrogen and oxygen atoms in total. The molecular formula is C24H29IN4O3. The Morgan fingerprint density at radius 1 is 1.00 bits per heavy atom. The third kappa shape index (κ3) is 7.30. The third-order valence-electron chi connectivity index (χ3n) is 4.46. The molecule has 0 saturated carbocycles. The number of aromatic nitrogens is 1. The molecule has 1 aromatic heterocycles. The van der Waals surface area contributed by atoms with Crippen molar-refractivity contribution in [3.8, 4) is 17.4 Å². The molecule has 0 radical (unpaired) electrons. The van der Waals surface area contributed by atoms with E-state index in [1.54, 1.807) is 20.4 Å². The Bertz CT molecular complexity index is 1000. The molecule has 0 fully saturated rings. The van der Waals surface area contributed by atoms with Crippen molar-refractivity contribution < 1.29 is 14.2 Å². The molecule has 1 heterocycles. The van der Waals surface area contributed by atoms with Crippen LogP contribution in [0.1, 0.15) is 18.1 Å². The molecule has 0 bridgehead atoms. The summed E-state index contributed by atoms with van der Waals surface area (Å²) >= 11 is 0. The number of pyridine rings is 1. The summed E-state index contributed by atoms with van der Waals surface area (Å²) in [5.74, 6) is 2.57. The van der Waals surface area contributed by atoms with Crippen molar-refractivity contribution >= 4 is 35.6 Å². The van der Waals surface area contributed by atoms with Gasteiger partial charge in [0.2, 0.25) is 5.88 Å². The van der Waals surface area contributed by atoms with E-state index >= 15 is 0 Å². The van der Waals surface area contributed by atoms with Gasteiger partial charge in [0.25, 0.3) is 0 Å². The lowest BCUT2D eigenvalue weighted by atomic mass is 10.2. The van der Waals surface area contributed by atoms with Gasteiger partial charge in [-0.25, -0.2) is 4.98 Å². The number of anilines is 1. The number of rotatable bonds is 9. The Morgan fingerprint density at radius 2 is 1.81 bits per heavy atom. The monoisotopic (exact) mass is 548 g/mol. The van der Waals surface area contributed by atoms with Gasteiger partial charge in [-0.2, -0.15) is 0 Å². The lowest BCUT2D eigenvalue weighted by molar-refractivity contribution is 0.290. The summed E-state index contributed by atoms with van der Waals surface area (Å²) in [4.78, 5) is 8.68. The predicted molar refractivity (Wildman–Crippen MR) is 138 cm³/mol. The molecular weight excluding hydrogens is 519 g/mol. The normalized spacial score (nSPS) is 10.7. The number of guanidine groups is 1. The maximum absolute atomic E-state index is 5.93. The van der Waals surface area contributed by atoms with Crippen LogP contribution < -0.4 is 24.8 Å². The number of aliphatic imine (C=N–C) groups is 1. The van der Waals surface area contributed by atoms with Gasteiger partial charge in [-0.15, -0.1) is 24.0 Å². The van der Waals surface area contributed by atoms with Crippen LogP contribution in [0, 0.1) is 0 Å². The van der Waals surface area contributed by atoms with Crippen molar-refractivity contribution in [2.45, 2.75) is 20.1 Å². The molecule has 0 atom stereocenters. The minimum atomic E-state index is 0. The van der Waals surface area contributed by atoms with Crippen LogP contribution in [0.5, 0.6) is 17.4 Å². The average molecular weight is 548 g/mol. The molecule has 32 heavy (non-hydrogen) atoms. The van der Waals surface area contributed by atoms with E-state index in [9.17, 15) is 0 Å². The van der Waals surface area contributed by atoms with Gasteiger partial charge in [0, 0.05) is 37.1 Å². The van der Waals surface area contributed by atoms with Gasteiger partial charge in [-0.3, -0.25) is 4.99 Å². The molecule has 2 N–H and O–H groups in total. The molecule has 8 heteroatoms. The Kier molecular flexibility index (Phi) is 10.6. The van der Waals surface area contributed by atoms with E-state index < -0.39 is 0 Å². The third-order valence-corrected chi connectivity index (χ3v) is 4.46. The second kappa shape index (κ2) is 13.4. The highest BCUT2D eigenvalue weighted by Crippen LogP contribution is 2.30. The highest BCUT2D eigenvalue weighted by atomic mass is 127. The summed E-state index contributed by atoms with van der Waals surface area (Å²) in [5.41, 5.74) is 2.87. The summed E-state index contributed by atoms with van der Waals surface area (Å²) in [5, 5.41) is 6.57. The Balaban J connectivity index is 0.00000363. The van der Waals surface area contributed by atoms with Gasteiger partial charge in [0.05, 0.1) is 13.7 Å². The molecule has 3 rings (SSSR count). The number of benzene rings is 2. The van der Waals surface area contributed by atoms with Gasteiger partial charge >= 0.3 is 0 Å². The highest BCUT2D eigenvalue weighted by Gasteiger charge is 2.09. The van der Waals surface area contributed by atoms with E-state index in [2.05, 4.69) is 20.6 Å². The molecule has 0 unspecified atom stereocenters. The van der Waals surface area contributed by atoms with Gasteiger partial charge in [0.15, 0.2) is 17.5 Å². The van der Waals surface area contributed by atoms with Crippen LogP contribution in [-0.4, -0.2) is 31.7 Å². The van der Waals surface area contributed by atoms with E-state index in [0.717, 1.165) is 16.8 Å². The highest BCUT2D eigenvalue weighted by molar-refractivity contribution is 14.0. The lowest BCUT2D eigenvalue weighted by Crippen LogP contribution is -2.30. The summed E-state index contributed by atoms with van der Waals surface area (Å²) < 4.78 is 16.9. The lowest BCUT2D eigenvalue weighted by Gasteiger charge is -2.15. The predicted octanol–water partition coefficient (Wildman–Crippen LogP) is 4.87. The number of ether oxygens (including phenoxy) is 3. The first-order valence-electron chi connectivity index (χ1n) is 10.1. The number of halogens is 1. The fourth-order valence-electron chi connectivity index (χ4n) is 2.93. The van der Waals surface area contributed by atoms with Crippen LogP contribution in [0.25, 0.3) is 0 Å². The molecule has 0 amide bonds. The number of nitrogens with one attached hydrogen (secondary N) is 2. The molecule has 3 aromatic rings. The standard InChI is InChI=1S/C24H28N4O3.HI/c1-4-30-22-15-20(12-13-21(22)29-3)28-24(25-2)27-16-19-11-8-14-26-23(19)31-17-18-9-6-5-7-10-18;/h5-15H,4,16-17H2,1-3H3,(H2,25,27,28);1H. The maximum Gasteiger partial charge on any atom is 0.218 e. The molecule has 0 aliphatic rings. The van der Waals surface area contributed by atoms with E-state index in [0.29, 0.717) is 43.1 Å². The van der Waals surface area contributed by atoms with E-state index in [1.807, 2.05) is 67.6 Å². The van der Waals surface area contributed by atoms with Gasteiger partial charge in [0.1, 0.15) is 6.61 Å². The largest absolute Gasteiger partial charge is 0.493 e. The summed E-state index contributed by atoms with van der Waals surface area (Å²) in [7, 11) is 3.34. The van der Waals surface area contributed by atoms with Crippen molar-refractivity contribution in [1.82, 2.24) is 10.3 Å². The molecule has 0 spiro atoms. The quantitative estimate of drug-likeness (QED) is 0.226. The van der Waals surface area contributed by atoms with Gasteiger partial charge < -0.3 is 24.8 Å². The molecule has 0 aliphatic carbocycles. The zero-order valence-electron chi connectivity index (χ0n) is 18.5. The van der Waals surface area contributed by atoms with Gasteiger partial charge in [-0.05, 0) is 30.7 Å². The fourth-order valence-corrected chi connectivity index (χ4v) is 2.93. The molecule has 0 aliphatic heterocycles.